The van der Waals surface area contributed by atoms with Crippen molar-refractivity contribution in [3.8, 4) is 5.75 Å². The first kappa shape index (κ1) is 19.0. The summed E-state index contributed by atoms with van der Waals surface area (Å²) >= 11 is 0. The number of aliphatic hydroxyl groups is 1. The number of likely N-dealkylation sites (tertiary alicyclic amines) is 1. The van der Waals surface area contributed by atoms with Gasteiger partial charge in [-0.15, -0.1) is 0 Å². The first-order valence-corrected chi connectivity index (χ1v) is 8.80. The van der Waals surface area contributed by atoms with Crippen LogP contribution in [0.4, 0.5) is 8.78 Å². The third kappa shape index (κ3) is 5.12. The van der Waals surface area contributed by atoms with Crippen LogP contribution in [-0.2, 0) is 9.53 Å². The molecule has 3 atom stereocenters. The van der Waals surface area contributed by atoms with Crippen LogP contribution >= 0.6 is 0 Å². The van der Waals surface area contributed by atoms with E-state index in [1.54, 1.807) is 12.1 Å². The van der Waals surface area contributed by atoms with Gasteiger partial charge in [0.05, 0.1) is 18.8 Å². The predicted molar refractivity (Wildman–Crippen MR) is 90.2 cm³/mol. The molecule has 3 rings (SSSR count). The van der Waals surface area contributed by atoms with Crippen LogP contribution in [0.25, 0.3) is 0 Å². The Morgan fingerprint density at radius 1 is 1.31 bits per heavy atom. The molecular formula is C18H24F2N2O4. The lowest BCUT2D eigenvalue weighted by Crippen LogP contribution is -2.49. The number of carbonyl (C=O) groups is 1. The van der Waals surface area contributed by atoms with Gasteiger partial charge in [0.1, 0.15) is 11.9 Å². The molecule has 144 valence electrons. The quantitative estimate of drug-likeness (QED) is 0.783. The van der Waals surface area contributed by atoms with Crippen molar-refractivity contribution in [2.45, 2.75) is 37.0 Å². The van der Waals surface area contributed by atoms with Gasteiger partial charge in [0.25, 0.3) is 11.8 Å². The summed E-state index contributed by atoms with van der Waals surface area (Å²) in [5, 5.41) is 13.1. The molecule has 26 heavy (non-hydrogen) atoms. The Balaban J connectivity index is 1.41. The number of rotatable bonds is 6. The highest BCUT2D eigenvalue weighted by atomic mass is 19.3. The molecule has 2 aliphatic heterocycles. The zero-order valence-electron chi connectivity index (χ0n) is 14.4. The van der Waals surface area contributed by atoms with Crippen LogP contribution < -0.4 is 10.1 Å². The molecule has 2 saturated heterocycles. The average Bonchev–Trinajstić information content (AvgIpc) is 2.96. The Hall–Kier alpha value is -1.77. The summed E-state index contributed by atoms with van der Waals surface area (Å²) in [6.07, 6.45) is -1.72. The molecule has 2 N–H and O–H groups in total. The third-order valence-corrected chi connectivity index (χ3v) is 4.77. The number of hydrogen-bond donors (Lipinski definition) is 2. The number of nitrogens with one attached hydrogen (secondary N) is 1. The second kappa shape index (κ2) is 8.28. The van der Waals surface area contributed by atoms with E-state index in [1.165, 1.54) is 0 Å². The minimum Gasteiger partial charge on any atom is -0.484 e. The van der Waals surface area contributed by atoms with Crippen LogP contribution in [0.3, 0.4) is 0 Å². The molecule has 0 saturated carbocycles. The summed E-state index contributed by atoms with van der Waals surface area (Å²) < 4.78 is 37.3. The van der Waals surface area contributed by atoms with E-state index < -0.39 is 24.2 Å². The number of piperidine rings is 1. The fourth-order valence-corrected chi connectivity index (χ4v) is 3.20. The van der Waals surface area contributed by atoms with Crippen molar-refractivity contribution in [3.63, 3.8) is 0 Å². The Morgan fingerprint density at radius 2 is 2.00 bits per heavy atom. The molecule has 6 nitrogen and oxygen atoms in total. The van der Waals surface area contributed by atoms with Crippen molar-refractivity contribution in [3.05, 3.63) is 30.3 Å². The van der Waals surface area contributed by atoms with Crippen molar-refractivity contribution in [2.75, 3.05) is 32.8 Å². The smallest absolute Gasteiger partial charge is 0.258 e. The second-order valence-corrected chi connectivity index (χ2v) is 6.79. The standard InChI is InChI=1S/C18H24F2N2O4/c19-18(20)6-8-22(9-7-18)10-15-17(24)14(11-26-15)21-16(23)12-25-13-4-2-1-3-5-13/h1-5,14-15,17,24H,6-12H2,(H,21,23). The van der Waals surface area contributed by atoms with Crippen LogP contribution in [0.2, 0.25) is 0 Å². The molecule has 1 aromatic rings. The van der Waals surface area contributed by atoms with Gasteiger partial charge >= 0.3 is 0 Å². The zero-order chi connectivity index (χ0) is 18.6. The van der Waals surface area contributed by atoms with Gasteiger partial charge in [0, 0.05) is 32.5 Å². The summed E-state index contributed by atoms with van der Waals surface area (Å²) in [7, 11) is 0. The predicted octanol–water partition coefficient (Wildman–Crippen LogP) is 1.04. The Morgan fingerprint density at radius 3 is 2.69 bits per heavy atom. The van der Waals surface area contributed by atoms with E-state index in [0.717, 1.165) is 0 Å². The monoisotopic (exact) mass is 370 g/mol. The van der Waals surface area contributed by atoms with E-state index in [-0.39, 0.29) is 45.1 Å². The van der Waals surface area contributed by atoms with Crippen molar-refractivity contribution in [1.82, 2.24) is 10.2 Å². The molecule has 0 aliphatic carbocycles. The van der Waals surface area contributed by atoms with Crippen molar-refractivity contribution in [1.29, 1.82) is 0 Å². The first-order valence-electron chi connectivity index (χ1n) is 8.80. The van der Waals surface area contributed by atoms with Crippen LogP contribution in [0.5, 0.6) is 5.75 Å². The normalized spacial score (nSPS) is 28.7. The van der Waals surface area contributed by atoms with E-state index in [9.17, 15) is 18.7 Å². The molecule has 0 spiro atoms. The molecule has 1 amide bonds. The number of para-hydroxylation sites is 1. The number of amides is 1. The molecule has 2 heterocycles. The van der Waals surface area contributed by atoms with Gasteiger partial charge in [-0.25, -0.2) is 8.78 Å². The molecule has 3 unspecified atom stereocenters. The van der Waals surface area contributed by atoms with Gasteiger partial charge in [-0.05, 0) is 12.1 Å². The maximum atomic E-state index is 13.2. The Kier molecular flexibility index (Phi) is 6.05. The molecular weight excluding hydrogens is 346 g/mol. The van der Waals surface area contributed by atoms with Gasteiger partial charge in [0.15, 0.2) is 6.61 Å². The lowest BCUT2D eigenvalue weighted by molar-refractivity contribution is -0.124. The first-order chi connectivity index (χ1) is 12.4. The fourth-order valence-electron chi connectivity index (χ4n) is 3.20. The number of ether oxygens (including phenoxy) is 2. The molecule has 0 bridgehead atoms. The van der Waals surface area contributed by atoms with Crippen LogP contribution in [0, 0.1) is 0 Å². The summed E-state index contributed by atoms with van der Waals surface area (Å²) in [4.78, 5) is 13.9. The van der Waals surface area contributed by atoms with Gasteiger partial charge in [-0.2, -0.15) is 0 Å². The summed E-state index contributed by atoms with van der Waals surface area (Å²) in [5.41, 5.74) is 0. The van der Waals surface area contributed by atoms with E-state index >= 15 is 0 Å². The largest absolute Gasteiger partial charge is 0.484 e. The molecule has 8 heteroatoms. The fraction of sp³-hybridized carbons (Fsp3) is 0.611. The highest BCUT2D eigenvalue weighted by Gasteiger charge is 2.40. The number of halogens is 2. The number of benzene rings is 1. The minimum absolute atomic E-state index is 0.154. The minimum atomic E-state index is -2.60. The summed E-state index contributed by atoms with van der Waals surface area (Å²) in [6.45, 7) is 0.971. The molecule has 0 aromatic heterocycles. The van der Waals surface area contributed by atoms with Crippen molar-refractivity contribution in [2.24, 2.45) is 0 Å². The number of nitrogens with zero attached hydrogens (tertiary/aromatic N) is 1. The summed E-state index contributed by atoms with van der Waals surface area (Å²) in [5.74, 6) is -2.36. The van der Waals surface area contributed by atoms with Crippen LogP contribution in [0.1, 0.15) is 12.8 Å². The third-order valence-electron chi connectivity index (χ3n) is 4.77. The summed E-state index contributed by atoms with van der Waals surface area (Å²) in [6, 6.07) is 8.44. The van der Waals surface area contributed by atoms with Crippen molar-refractivity contribution < 1.29 is 28.2 Å². The maximum Gasteiger partial charge on any atom is 0.258 e. The molecule has 1 aromatic carbocycles. The topological polar surface area (TPSA) is 71.0 Å². The Bertz CT molecular complexity index is 592. The van der Waals surface area contributed by atoms with E-state index in [1.807, 2.05) is 23.1 Å². The number of alkyl halides is 2. The number of carbonyl (C=O) groups excluding carboxylic acids is 1. The number of hydrogen-bond acceptors (Lipinski definition) is 5. The zero-order valence-corrected chi connectivity index (χ0v) is 14.4. The van der Waals surface area contributed by atoms with Crippen LogP contribution in [-0.4, -0.2) is 72.9 Å². The maximum absolute atomic E-state index is 13.2. The highest BCUT2D eigenvalue weighted by molar-refractivity contribution is 5.78. The van der Waals surface area contributed by atoms with Gasteiger partial charge in [0.2, 0.25) is 0 Å². The SMILES string of the molecule is O=C(COc1ccccc1)NC1COC(CN2CCC(F)(F)CC2)C1O. The lowest BCUT2D eigenvalue weighted by Gasteiger charge is -2.33. The van der Waals surface area contributed by atoms with Crippen LogP contribution in [0.15, 0.2) is 30.3 Å². The average molecular weight is 370 g/mol. The van der Waals surface area contributed by atoms with E-state index in [2.05, 4.69) is 5.32 Å². The van der Waals surface area contributed by atoms with E-state index in [4.69, 9.17) is 9.47 Å². The molecule has 0 radical (unpaired) electrons. The molecule has 2 aliphatic rings. The lowest BCUT2D eigenvalue weighted by atomic mass is 10.0. The van der Waals surface area contributed by atoms with Gasteiger partial charge in [-0.3, -0.25) is 4.79 Å². The van der Waals surface area contributed by atoms with E-state index in [0.29, 0.717) is 12.3 Å². The van der Waals surface area contributed by atoms with Crippen molar-refractivity contribution >= 4 is 5.91 Å². The second-order valence-electron chi connectivity index (χ2n) is 6.79. The van der Waals surface area contributed by atoms with Gasteiger partial charge in [-0.1, -0.05) is 18.2 Å². The van der Waals surface area contributed by atoms with Gasteiger partial charge < -0.3 is 24.8 Å². The number of aliphatic hydroxyl groups excluding tert-OH is 1. The molecule has 2 fully saturated rings. The highest BCUT2D eigenvalue weighted by Crippen LogP contribution is 2.28. The Labute approximate surface area is 151 Å².